The largest absolute Gasteiger partial charge is 0.497 e. The molecular weight excluding hydrogens is 561 g/mol. The van der Waals surface area contributed by atoms with Gasteiger partial charge in [0.05, 0.1) is 19.8 Å². The van der Waals surface area contributed by atoms with Gasteiger partial charge >= 0.3 is 0 Å². The average Bonchev–Trinajstić information content (AvgIpc) is 3.03. The molecule has 2 aliphatic carbocycles. The standard InChI is InChI=1S/C39H48O4Si/c1-28-25-31-19-22-37(43-44(39(3,4)5,33-13-9-7-10-14-33)34-15-11-8-12-16-34)29(2)38(31)36(26-40)35(28)23-24-42-27-30-17-20-32(41-6)21-18-30/h7-18,20-21,25-26,31,35-38H,2,19,22-24,27H2,1,3-6H3/t31-,35+,36-,37+,38-/m0/s1. The van der Waals surface area contributed by atoms with Crippen molar-refractivity contribution in [1.29, 1.82) is 0 Å². The highest BCUT2D eigenvalue weighted by Crippen LogP contribution is 2.50. The zero-order valence-corrected chi connectivity index (χ0v) is 28.0. The summed E-state index contributed by atoms with van der Waals surface area (Å²) in [6.45, 7) is 15.0. The van der Waals surface area contributed by atoms with Crippen molar-refractivity contribution < 1.29 is 18.7 Å². The molecule has 0 spiro atoms. The fourth-order valence-electron chi connectivity index (χ4n) is 7.69. The molecule has 5 rings (SSSR count). The Hall–Kier alpha value is -3.25. The number of hydrogen-bond acceptors (Lipinski definition) is 4. The van der Waals surface area contributed by atoms with Gasteiger partial charge in [0.25, 0.3) is 8.32 Å². The van der Waals surface area contributed by atoms with Crippen LogP contribution in [0.1, 0.15) is 52.5 Å². The van der Waals surface area contributed by atoms with Crippen LogP contribution in [-0.2, 0) is 20.6 Å². The van der Waals surface area contributed by atoms with E-state index in [-0.39, 0.29) is 28.9 Å². The van der Waals surface area contributed by atoms with Crippen LogP contribution in [0.5, 0.6) is 5.75 Å². The van der Waals surface area contributed by atoms with Crippen molar-refractivity contribution in [2.45, 2.75) is 64.7 Å². The second kappa shape index (κ2) is 13.8. The summed E-state index contributed by atoms with van der Waals surface area (Å²) < 4.78 is 18.9. The number of allylic oxidation sites excluding steroid dienone is 2. The lowest BCUT2D eigenvalue weighted by atomic mass is 9.60. The van der Waals surface area contributed by atoms with Crippen molar-refractivity contribution in [1.82, 2.24) is 0 Å². The molecule has 0 unspecified atom stereocenters. The molecule has 0 aromatic heterocycles. The molecule has 3 aromatic carbocycles. The molecule has 232 valence electrons. The molecule has 0 N–H and O–H groups in total. The Bertz CT molecular complexity index is 1380. The Kier molecular flexibility index (Phi) is 10.1. The van der Waals surface area contributed by atoms with Crippen LogP contribution in [0.4, 0.5) is 0 Å². The Labute approximate surface area is 265 Å². The summed E-state index contributed by atoms with van der Waals surface area (Å²) in [5, 5.41) is 2.42. The van der Waals surface area contributed by atoms with Gasteiger partial charge in [0.2, 0.25) is 0 Å². The highest BCUT2D eigenvalue weighted by Gasteiger charge is 2.53. The first-order valence-electron chi connectivity index (χ1n) is 16.0. The van der Waals surface area contributed by atoms with Gasteiger partial charge < -0.3 is 18.7 Å². The van der Waals surface area contributed by atoms with Crippen molar-refractivity contribution in [2.75, 3.05) is 13.7 Å². The zero-order chi connectivity index (χ0) is 31.3. The topological polar surface area (TPSA) is 44.8 Å². The quantitative estimate of drug-likeness (QED) is 0.0978. The lowest BCUT2D eigenvalue weighted by Gasteiger charge is -2.50. The van der Waals surface area contributed by atoms with E-state index >= 15 is 0 Å². The highest BCUT2D eigenvalue weighted by molar-refractivity contribution is 6.99. The van der Waals surface area contributed by atoms with Crippen LogP contribution in [-0.4, -0.2) is 34.4 Å². The lowest BCUT2D eigenvalue weighted by Crippen LogP contribution is -2.68. The van der Waals surface area contributed by atoms with Crippen LogP contribution < -0.4 is 15.1 Å². The van der Waals surface area contributed by atoms with E-state index < -0.39 is 8.32 Å². The van der Waals surface area contributed by atoms with E-state index in [1.807, 2.05) is 24.3 Å². The monoisotopic (exact) mass is 608 g/mol. The van der Waals surface area contributed by atoms with Crippen molar-refractivity contribution in [3.63, 3.8) is 0 Å². The average molecular weight is 609 g/mol. The van der Waals surface area contributed by atoms with Crippen LogP contribution in [0.2, 0.25) is 5.04 Å². The van der Waals surface area contributed by atoms with Crippen molar-refractivity contribution >= 4 is 25.0 Å². The first-order valence-corrected chi connectivity index (χ1v) is 17.9. The van der Waals surface area contributed by atoms with Gasteiger partial charge in [-0.25, -0.2) is 0 Å². The predicted molar refractivity (Wildman–Crippen MR) is 182 cm³/mol. The van der Waals surface area contributed by atoms with Crippen LogP contribution >= 0.6 is 0 Å². The Morgan fingerprint density at radius 3 is 2.07 bits per heavy atom. The molecule has 0 amide bonds. The van der Waals surface area contributed by atoms with Gasteiger partial charge in [0, 0.05) is 12.5 Å². The Morgan fingerprint density at radius 1 is 0.909 bits per heavy atom. The maximum Gasteiger partial charge on any atom is 0.261 e. The third kappa shape index (κ3) is 6.42. The minimum absolute atomic E-state index is 0.0692. The summed E-state index contributed by atoms with van der Waals surface area (Å²) in [4.78, 5) is 12.9. The number of benzene rings is 3. The number of hydrogen-bond donors (Lipinski definition) is 0. The van der Waals surface area contributed by atoms with Gasteiger partial charge in [-0.15, -0.1) is 0 Å². The molecule has 0 radical (unpaired) electrons. The van der Waals surface area contributed by atoms with Crippen LogP contribution in [0, 0.1) is 23.7 Å². The molecular formula is C39H48O4Si. The van der Waals surface area contributed by atoms with Gasteiger partial charge in [-0.3, -0.25) is 0 Å². The van der Waals surface area contributed by atoms with Gasteiger partial charge in [-0.2, -0.15) is 0 Å². The number of aldehydes is 1. The van der Waals surface area contributed by atoms with Gasteiger partial charge in [-0.1, -0.05) is 112 Å². The SMILES string of the molecule is C=C1[C@@H]2[C@@H](C=O)[C@H](CCOCc3ccc(OC)cc3)C(C)=C[C@@H]2CC[C@H]1O[Si](c1ccccc1)(c1ccccc1)C(C)(C)C. The predicted octanol–water partition coefficient (Wildman–Crippen LogP) is 7.52. The van der Waals surface area contributed by atoms with Crippen LogP contribution in [0.3, 0.4) is 0 Å². The second-order valence-corrected chi connectivity index (χ2v) is 17.8. The van der Waals surface area contributed by atoms with E-state index in [0.29, 0.717) is 19.1 Å². The molecule has 5 heteroatoms. The summed E-state index contributed by atoms with van der Waals surface area (Å²) in [6.07, 6.45) is 6.22. The normalized spacial score (nSPS) is 23.9. The summed E-state index contributed by atoms with van der Waals surface area (Å²) >= 11 is 0. The molecule has 0 saturated heterocycles. The van der Waals surface area contributed by atoms with Crippen molar-refractivity contribution in [3.8, 4) is 5.75 Å². The maximum atomic E-state index is 12.9. The number of carbonyl (C=O) groups is 1. The van der Waals surface area contributed by atoms with E-state index in [9.17, 15) is 4.79 Å². The van der Waals surface area contributed by atoms with Crippen molar-refractivity contribution in [3.05, 3.63) is 114 Å². The second-order valence-electron chi connectivity index (χ2n) is 13.5. The Balaban J connectivity index is 1.37. The van der Waals surface area contributed by atoms with E-state index in [0.717, 1.165) is 36.1 Å². The summed E-state index contributed by atoms with van der Waals surface area (Å²) in [6, 6.07) is 29.6. The molecule has 2 aliphatic rings. The maximum absolute atomic E-state index is 12.9. The smallest absolute Gasteiger partial charge is 0.261 e. The van der Waals surface area contributed by atoms with E-state index in [1.165, 1.54) is 22.2 Å². The van der Waals surface area contributed by atoms with Gasteiger partial charge in [0.1, 0.15) is 12.0 Å². The first kappa shape index (κ1) is 32.1. The molecule has 1 saturated carbocycles. The molecule has 3 aromatic rings. The van der Waals surface area contributed by atoms with Crippen molar-refractivity contribution in [2.24, 2.45) is 23.7 Å². The molecule has 0 aliphatic heterocycles. The molecule has 5 atom stereocenters. The minimum Gasteiger partial charge on any atom is -0.497 e. The zero-order valence-electron chi connectivity index (χ0n) is 27.0. The van der Waals surface area contributed by atoms with E-state index in [4.69, 9.17) is 20.5 Å². The van der Waals surface area contributed by atoms with Crippen LogP contribution in [0.15, 0.2) is 109 Å². The third-order valence-corrected chi connectivity index (χ3v) is 14.9. The number of rotatable bonds is 11. The molecule has 44 heavy (non-hydrogen) atoms. The summed E-state index contributed by atoms with van der Waals surface area (Å²) in [7, 11) is -1.08. The number of carbonyl (C=O) groups excluding carboxylic acids is 1. The van der Waals surface area contributed by atoms with E-state index in [1.54, 1.807) is 7.11 Å². The molecule has 0 bridgehead atoms. The first-order chi connectivity index (χ1) is 21.2. The summed E-state index contributed by atoms with van der Waals surface area (Å²) in [5.74, 6) is 1.22. The molecule has 1 fully saturated rings. The Morgan fingerprint density at radius 2 is 1.52 bits per heavy atom. The number of fused-ring (bicyclic) bond motifs is 1. The number of ether oxygens (including phenoxy) is 2. The van der Waals surface area contributed by atoms with E-state index in [2.05, 4.69) is 94.4 Å². The van der Waals surface area contributed by atoms with Gasteiger partial charge in [-0.05, 0) is 82.6 Å². The highest BCUT2D eigenvalue weighted by atomic mass is 28.4. The fourth-order valence-corrected chi connectivity index (χ4v) is 12.4. The summed E-state index contributed by atoms with van der Waals surface area (Å²) in [5.41, 5.74) is 3.49. The number of methoxy groups -OCH3 is 1. The van der Waals surface area contributed by atoms with Crippen LogP contribution in [0.25, 0.3) is 0 Å². The lowest BCUT2D eigenvalue weighted by molar-refractivity contribution is -0.115. The van der Waals surface area contributed by atoms with Gasteiger partial charge in [0.15, 0.2) is 0 Å². The third-order valence-electron chi connectivity index (χ3n) is 9.90. The molecule has 4 nitrogen and oxygen atoms in total. The molecule has 0 heterocycles. The fraction of sp³-hybridized carbons (Fsp3) is 0.410. The minimum atomic E-state index is -2.75.